The van der Waals surface area contributed by atoms with E-state index in [9.17, 15) is 18.4 Å². The van der Waals surface area contributed by atoms with Gasteiger partial charge in [0.2, 0.25) is 0 Å². The standard InChI is InChI=1S/C20H23F2NO3Si2/c1-27(2)7-8-28(3,4)17-11-13(5-6-16(17)27)23-19(24)12-9-14(21)18(20(25)26)15(22)10-12/h5-6,9-11H,7-8H2,1-4H3,(H,23,24)(H,25,26). The zero-order valence-corrected chi connectivity index (χ0v) is 18.3. The average Bonchev–Trinajstić information content (AvgIpc) is 2.58. The van der Waals surface area contributed by atoms with Crippen LogP contribution in [0.5, 0.6) is 0 Å². The van der Waals surface area contributed by atoms with Crippen LogP contribution in [-0.4, -0.2) is 33.1 Å². The van der Waals surface area contributed by atoms with E-state index in [1.54, 1.807) is 0 Å². The fourth-order valence-corrected chi connectivity index (χ4v) is 14.0. The van der Waals surface area contributed by atoms with Crippen molar-refractivity contribution in [2.75, 3.05) is 5.32 Å². The quantitative estimate of drug-likeness (QED) is 0.745. The number of carboxylic acid groups (broad SMARTS) is 1. The summed E-state index contributed by atoms with van der Waals surface area (Å²) in [6, 6.07) is 9.89. The van der Waals surface area contributed by atoms with Crippen LogP contribution in [0.15, 0.2) is 30.3 Å². The van der Waals surface area contributed by atoms with E-state index < -0.39 is 45.2 Å². The lowest BCUT2D eigenvalue weighted by molar-refractivity contribution is 0.0685. The molecule has 0 aliphatic carbocycles. The van der Waals surface area contributed by atoms with E-state index in [0.717, 1.165) is 12.1 Å². The van der Waals surface area contributed by atoms with E-state index in [2.05, 4.69) is 37.6 Å². The zero-order chi connectivity index (χ0) is 20.9. The highest BCUT2D eigenvalue weighted by Gasteiger charge is 2.39. The Morgan fingerprint density at radius 2 is 1.46 bits per heavy atom. The minimum atomic E-state index is -1.71. The maximum absolute atomic E-state index is 13.9. The smallest absolute Gasteiger partial charge is 0.341 e. The van der Waals surface area contributed by atoms with E-state index in [0.29, 0.717) is 5.69 Å². The van der Waals surface area contributed by atoms with E-state index in [1.165, 1.54) is 22.5 Å². The SMILES string of the molecule is C[Si]1(C)CC[Si](C)(C)c2cc(NC(=O)c3cc(F)c(C(=O)O)c(F)c3)ccc21. The molecule has 0 atom stereocenters. The topological polar surface area (TPSA) is 66.4 Å². The first-order valence-electron chi connectivity index (χ1n) is 9.11. The molecule has 0 fully saturated rings. The molecule has 0 saturated carbocycles. The molecule has 2 aromatic rings. The van der Waals surface area contributed by atoms with Gasteiger partial charge < -0.3 is 10.4 Å². The van der Waals surface area contributed by atoms with Gasteiger partial charge in [-0.3, -0.25) is 4.79 Å². The van der Waals surface area contributed by atoms with E-state index in [1.807, 2.05) is 12.1 Å². The first-order chi connectivity index (χ1) is 12.9. The predicted octanol–water partition coefficient (Wildman–Crippen LogP) is 3.76. The Labute approximate surface area is 164 Å². The third kappa shape index (κ3) is 3.66. The maximum Gasteiger partial charge on any atom is 0.341 e. The number of benzene rings is 2. The summed E-state index contributed by atoms with van der Waals surface area (Å²) < 4.78 is 27.8. The van der Waals surface area contributed by atoms with Crippen molar-refractivity contribution in [2.24, 2.45) is 0 Å². The van der Waals surface area contributed by atoms with Gasteiger partial charge in [0.05, 0.1) is 16.1 Å². The minimum Gasteiger partial charge on any atom is -0.477 e. The Hall–Kier alpha value is -2.33. The number of carboxylic acids is 1. The van der Waals surface area contributed by atoms with Gasteiger partial charge in [-0.15, -0.1) is 0 Å². The van der Waals surface area contributed by atoms with Crippen LogP contribution >= 0.6 is 0 Å². The predicted molar refractivity (Wildman–Crippen MR) is 112 cm³/mol. The van der Waals surface area contributed by atoms with Crippen molar-refractivity contribution in [2.45, 2.75) is 38.3 Å². The van der Waals surface area contributed by atoms with Crippen LogP contribution in [-0.2, 0) is 0 Å². The summed E-state index contributed by atoms with van der Waals surface area (Å²) in [4.78, 5) is 23.4. The number of hydrogen-bond donors (Lipinski definition) is 2. The third-order valence-electron chi connectivity index (χ3n) is 5.63. The van der Waals surface area contributed by atoms with Gasteiger partial charge in [0.15, 0.2) is 0 Å². The molecule has 0 spiro atoms. The summed E-state index contributed by atoms with van der Waals surface area (Å²) in [6.45, 7) is 9.33. The summed E-state index contributed by atoms with van der Waals surface area (Å²) in [6.07, 6.45) is 0. The number of nitrogens with one attached hydrogen (secondary N) is 1. The molecular weight excluding hydrogens is 396 g/mol. The van der Waals surface area contributed by atoms with Gasteiger partial charge in [-0.1, -0.05) is 54.7 Å². The number of aromatic carboxylic acids is 1. The fourth-order valence-electron chi connectivity index (χ4n) is 3.78. The number of rotatable bonds is 3. The van der Waals surface area contributed by atoms with Crippen molar-refractivity contribution >= 4 is 44.1 Å². The summed E-state index contributed by atoms with van der Waals surface area (Å²) in [5.41, 5.74) is -0.742. The van der Waals surface area contributed by atoms with Crippen molar-refractivity contribution in [3.63, 3.8) is 0 Å². The Morgan fingerprint density at radius 3 is 2.00 bits per heavy atom. The monoisotopic (exact) mass is 419 g/mol. The molecular formula is C20H23F2NO3Si2. The summed E-state index contributed by atoms with van der Waals surface area (Å²) in [7, 11) is -3.09. The van der Waals surface area contributed by atoms with Gasteiger partial charge in [0, 0.05) is 11.3 Å². The number of amides is 1. The zero-order valence-electron chi connectivity index (χ0n) is 16.3. The highest BCUT2D eigenvalue weighted by molar-refractivity contribution is 7.03. The number of carbonyl (C=O) groups excluding carboxylic acids is 1. The Bertz CT molecular complexity index is 966. The molecule has 28 heavy (non-hydrogen) atoms. The first kappa shape index (κ1) is 20.4. The van der Waals surface area contributed by atoms with Gasteiger partial charge in [-0.25, -0.2) is 13.6 Å². The Balaban J connectivity index is 1.93. The minimum absolute atomic E-state index is 0.260. The molecule has 8 heteroatoms. The van der Waals surface area contributed by atoms with Crippen molar-refractivity contribution in [1.82, 2.24) is 0 Å². The molecule has 0 bridgehead atoms. The van der Waals surface area contributed by atoms with E-state index >= 15 is 0 Å². The molecule has 1 aliphatic rings. The lowest BCUT2D eigenvalue weighted by atomic mass is 10.1. The average molecular weight is 420 g/mol. The van der Waals surface area contributed by atoms with Crippen LogP contribution in [0.3, 0.4) is 0 Å². The maximum atomic E-state index is 13.9. The fraction of sp³-hybridized carbons (Fsp3) is 0.300. The largest absolute Gasteiger partial charge is 0.477 e. The molecule has 0 aromatic heterocycles. The number of hydrogen-bond acceptors (Lipinski definition) is 2. The van der Waals surface area contributed by atoms with Crippen LogP contribution in [0.2, 0.25) is 38.3 Å². The van der Waals surface area contributed by atoms with Gasteiger partial charge >= 0.3 is 5.97 Å². The van der Waals surface area contributed by atoms with Crippen molar-refractivity contribution in [3.8, 4) is 0 Å². The van der Waals surface area contributed by atoms with Crippen molar-refractivity contribution in [1.29, 1.82) is 0 Å². The lowest BCUT2D eigenvalue weighted by Crippen LogP contribution is -2.63. The van der Waals surface area contributed by atoms with Crippen LogP contribution in [0, 0.1) is 11.6 Å². The molecule has 2 aromatic carbocycles. The van der Waals surface area contributed by atoms with Crippen LogP contribution in [0.1, 0.15) is 20.7 Å². The van der Waals surface area contributed by atoms with E-state index in [-0.39, 0.29) is 5.56 Å². The van der Waals surface area contributed by atoms with Crippen molar-refractivity contribution < 1.29 is 23.5 Å². The molecule has 0 saturated heterocycles. The molecule has 2 N–H and O–H groups in total. The van der Waals surface area contributed by atoms with Gasteiger partial charge in [-0.05, 0) is 24.3 Å². The second-order valence-corrected chi connectivity index (χ2v) is 18.2. The normalized spacial score (nSPS) is 16.9. The molecule has 3 rings (SSSR count). The molecule has 1 amide bonds. The Kier molecular flexibility index (Phi) is 5.05. The van der Waals surface area contributed by atoms with Gasteiger partial charge in [-0.2, -0.15) is 0 Å². The molecule has 1 aliphatic heterocycles. The number of fused-ring (bicyclic) bond motifs is 1. The van der Waals surface area contributed by atoms with Gasteiger partial charge in [0.1, 0.15) is 17.2 Å². The molecule has 4 nitrogen and oxygen atoms in total. The highest BCUT2D eigenvalue weighted by atomic mass is 28.3. The van der Waals surface area contributed by atoms with Crippen LogP contribution in [0.25, 0.3) is 0 Å². The first-order valence-corrected chi connectivity index (χ1v) is 15.5. The Morgan fingerprint density at radius 1 is 0.929 bits per heavy atom. The van der Waals surface area contributed by atoms with Crippen LogP contribution < -0.4 is 15.7 Å². The highest BCUT2D eigenvalue weighted by Crippen LogP contribution is 2.27. The second-order valence-electron chi connectivity index (χ2n) is 8.60. The van der Waals surface area contributed by atoms with Crippen molar-refractivity contribution in [3.05, 3.63) is 53.1 Å². The second kappa shape index (κ2) is 6.93. The molecule has 0 unspecified atom stereocenters. The molecule has 1 heterocycles. The molecule has 0 radical (unpaired) electrons. The summed E-state index contributed by atoms with van der Waals surface area (Å²) >= 11 is 0. The number of halogens is 2. The molecule has 148 valence electrons. The third-order valence-corrected chi connectivity index (χ3v) is 13.1. The summed E-state index contributed by atoms with van der Waals surface area (Å²) in [5.74, 6) is -4.94. The van der Waals surface area contributed by atoms with Crippen LogP contribution in [0.4, 0.5) is 14.5 Å². The number of carbonyl (C=O) groups is 2. The van der Waals surface area contributed by atoms with E-state index in [4.69, 9.17) is 5.11 Å². The summed E-state index contributed by atoms with van der Waals surface area (Å²) in [5, 5.41) is 14.3. The lowest BCUT2D eigenvalue weighted by Gasteiger charge is -2.39. The number of anilines is 1. The van der Waals surface area contributed by atoms with Gasteiger partial charge in [0.25, 0.3) is 5.91 Å².